The van der Waals surface area contributed by atoms with Gasteiger partial charge in [-0.15, -0.1) is 0 Å². The smallest absolute Gasteiger partial charge is 0.00199 e. The zero-order valence-corrected chi connectivity index (χ0v) is 20.7. The summed E-state index contributed by atoms with van der Waals surface area (Å²) < 4.78 is 0. The third-order valence-corrected chi connectivity index (χ3v) is 8.52. The van der Waals surface area contributed by atoms with E-state index in [0.717, 1.165) is 0 Å². The Bertz CT molecular complexity index is 2280. The highest BCUT2D eigenvalue weighted by molar-refractivity contribution is 6.27. The lowest BCUT2D eigenvalue weighted by atomic mass is 9.93. The molecule has 8 aromatic carbocycles. The van der Waals surface area contributed by atoms with E-state index in [0.29, 0.717) is 0 Å². The topological polar surface area (TPSA) is 0 Å². The summed E-state index contributed by atoms with van der Waals surface area (Å²) in [5, 5.41) is 13.1. The molecule has 0 unspecified atom stereocenters. The second-order valence-electron chi connectivity index (χ2n) is 10.6. The van der Waals surface area contributed by atoms with Crippen LogP contribution in [-0.2, 0) is 0 Å². The molecule has 0 amide bonds. The molecule has 1 aliphatic rings. The molecule has 9 rings (SSSR count). The van der Waals surface area contributed by atoms with Crippen molar-refractivity contribution < 1.29 is 0 Å². The fraction of sp³-hybridized carbons (Fsp3) is 0. The van der Waals surface area contributed by atoms with Gasteiger partial charge in [0.25, 0.3) is 0 Å². The molecule has 0 nitrogen and oxygen atoms in total. The molecule has 0 saturated carbocycles. The molecule has 0 heteroatoms. The van der Waals surface area contributed by atoms with Gasteiger partial charge in [-0.1, -0.05) is 103 Å². The summed E-state index contributed by atoms with van der Waals surface area (Å²) in [5.74, 6) is 0. The fourth-order valence-electron chi connectivity index (χ4n) is 6.70. The molecule has 0 fully saturated rings. The Hall–Kier alpha value is -4.94. The van der Waals surface area contributed by atoms with Gasteiger partial charge in [0, 0.05) is 0 Å². The van der Waals surface area contributed by atoms with Crippen LogP contribution in [0.25, 0.3) is 87.2 Å². The highest BCUT2D eigenvalue weighted by Gasteiger charge is 2.23. The molecule has 0 aromatic heterocycles. The normalized spacial score (nSPS) is 12.2. The predicted molar refractivity (Wildman–Crippen MR) is 164 cm³/mol. The van der Waals surface area contributed by atoms with Gasteiger partial charge in [0.1, 0.15) is 0 Å². The van der Waals surface area contributed by atoms with E-state index >= 15 is 0 Å². The van der Waals surface area contributed by atoms with Gasteiger partial charge in [-0.05, 0) is 118 Å². The molecule has 0 bridgehead atoms. The van der Waals surface area contributed by atoms with E-state index in [2.05, 4.69) is 133 Å². The zero-order valence-electron chi connectivity index (χ0n) is 20.7. The van der Waals surface area contributed by atoms with Gasteiger partial charge >= 0.3 is 0 Å². The van der Waals surface area contributed by atoms with E-state index in [1.165, 1.54) is 87.2 Å². The molecule has 0 N–H and O–H groups in total. The van der Waals surface area contributed by atoms with Crippen LogP contribution in [0.3, 0.4) is 0 Å². The van der Waals surface area contributed by atoms with E-state index in [4.69, 9.17) is 0 Å². The SMILES string of the molecule is c1ccc2cc(-c3ccc4cc5c(cc4c3)-c3cc4c6ccccc6ccc4c4cccc-5c34)ccc2c1. The molecule has 8 aromatic rings. The Morgan fingerprint density at radius 2 is 0.895 bits per heavy atom. The van der Waals surface area contributed by atoms with Crippen LogP contribution in [-0.4, -0.2) is 0 Å². The molecule has 0 heterocycles. The number of rotatable bonds is 1. The highest BCUT2D eigenvalue weighted by atomic mass is 14.3. The number of hydrogen-bond acceptors (Lipinski definition) is 0. The molecular formula is C38H22. The summed E-state index contributed by atoms with van der Waals surface area (Å²) in [6, 6.07) is 49.6. The first kappa shape index (κ1) is 20.2. The van der Waals surface area contributed by atoms with Crippen molar-refractivity contribution in [2.45, 2.75) is 0 Å². The fourth-order valence-corrected chi connectivity index (χ4v) is 6.70. The number of benzene rings is 8. The first-order valence-electron chi connectivity index (χ1n) is 13.3. The molecule has 0 atom stereocenters. The Morgan fingerprint density at radius 3 is 1.79 bits per heavy atom. The van der Waals surface area contributed by atoms with E-state index in [9.17, 15) is 0 Å². The van der Waals surface area contributed by atoms with Crippen molar-refractivity contribution in [3.63, 3.8) is 0 Å². The maximum atomic E-state index is 2.44. The molecular weight excluding hydrogens is 456 g/mol. The van der Waals surface area contributed by atoms with Crippen LogP contribution in [0, 0.1) is 0 Å². The van der Waals surface area contributed by atoms with Gasteiger partial charge in [-0.25, -0.2) is 0 Å². The Morgan fingerprint density at radius 1 is 0.263 bits per heavy atom. The first-order valence-corrected chi connectivity index (χ1v) is 13.3. The number of fused-ring (bicyclic) bond motifs is 9. The Balaban J connectivity index is 1.31. The van der Waals surface area contributed by atoms with Crippen LogP contribution in [0.15, 0.2) is 133 Å². The largest absolute Gasteiger partial charge is 0.0616 e. The van der Waals surface area contributed by atoms with E-state index in [-0.39, 0.29) is 0 Å². The molecule has 174 valence electrons. The summed E-state index contributed by atoms with van der Waals surface area (Å²) >= 11 is 0. The van der Waals surface area contributed by atoms with Gasteiger partial charge in [0.05, 0.1) is 0 Å². The average molecular weight is 479 g/mol. The molecule has 0 radical (unpaired) electrons. The maximum Gasteiger partial charge on any atom is -0.00199 e. The summed E-state index contributed by atoms with van der Waals surface area (Å²) in [5.41, 5.74) is 7.91. The van der Waals surface area contributed by atoms with E-state index in [1.807, 2.05) is 0 Å². The van der Waals surface area contributed by atoms with Crippen LogP contribution >= 0.6 is 0 Å². The lowest BCUT2D eigenvalue weighted by Gasteiger charge is -2.11. The van der Waals surface area contributed by atoms with Crippen molar-refractivity contribution in [1.29, 1.82) is 0 Å². The highest BCUT2D eigenvalue weighted by Crippen LogP contribution is 2.51. The molecule has 0 spiro atoms. The van der Waals surface area contributed by atoms with Crippen molar-refractivity contribution in [3.8, 4) is 33.4 Å². The maximum absolute atomic E-state index is 2.44. The van der Waals surface area contributed by atoms with Crippen molar-refractivity contribution in [2.24, 2.45) is 0 Å². The summed E-state index contributed by atoms with van der Waals surface area (Å²) in [6.07, 6.45) is 0. The van der Waals surface area contributed by atoms with Crippen molar-refractivity contribution in [2.75, 3.05) is 0 Å². The van der Waals surface area contributed by atoms with Crippen molar-refractivity contribution in [1.82, 2.24) is 0 Å². The molecule has 0 saturated heterocycles. The van der Waals surface area contributed by atoms with Gasteiger partial charge in [-0.3, -0.25) is 0 Å². The van der Waals surface area contributed by atoms with Gasteiger partial charge in [0.15, 0.2) is 0 Å². The van der Waals surface area contributed by atoms with Crippen LogP contribution in [0.2, 0.25) is 0 Å². The zero-order chi connectivity index (χ0) is 24.8. The van der Waals surface area contributed by atoms with Gasteiger partial charge < -0.3 is 0 Å². The minimum absolute atomic E-state index is 1.26. The average Bonchev–Trinajstić information content (AvgIpc) is 3.29. The molecule has 0 aliphatic heterocycles. The Kier molecular flexibility index (Phi) is 3.88. The van der Waals surface area contributed by atoms with Crippen LogP contribution in [0.4, 0.5) is 0 Å². The summed E-state index contributed by atoms with van der Waals surface area (Å²) in [6.45, 7) is 0. The first-order chi connectivity index (χ1) is 18.8. The molecule has 1 aliphatic carbocycles. The van der Waals surface area contributed by atoms with Crippen molar-refractivity contribution >= 4 is 53.9 Å². The minimum atomic E-state index is 1.26. The minimum Gasteiger partial charge on any atom is -0.0616 e. The second-order valence-corrected chi connectivity index (χ2v) is 10.6. The second kappa shape index (κ2) is 7.31. The monoisotopic (exact) mass is 478 g/mol. The summed E-state index contributed by atoms with van der Waals surface area (Å²) in [7, 11) is 0. The van der Waals surface area contributed by atoms with E-state index in [1.54, 1.807) is 0 Å². The summed E-state index contributed by atoms with van der Waals surface area (Å²) in [4.78, 5) is 0. The van der Waals surface area contributed by atoms with Crippen LogP contribution in [0.1, 0.15) is 0 Å². The lowest BCUT2D eigenvalue weighted by Crippen LogP contribution is -1.84. The third kappa shape index (κ3) is 2.69. The van der Waals surface area contributed by atoms with Crippen LogP contribution in [0.5, 0.6) is 0 Å². The number of hydrogen-bond donors (Lipinski definition) is 0. The van der Waals surface area contributed by atoms with Gasteiger partial charge in [-0.2, -0.15) is 0 Å². The van der Waals surface area contributed by atoms with Gasteiger partial charge in [0.2, 0.25) is 0 Å². The standard InChI is InChI=1S/C38H22/c1-2-8-25-18-26(13-12-23(25)6-1)27-14-15-28-20-34-33-11-5-10-32-31-17-16-24-7-3-4-9-30(24)36(31)22-37(38(32)33)35(34)21-29(28)19-27/h1-22H. The quantitative estimate of drug-likeness (QED) is 0.206. The predicted octanol–water partition coefficient (Wildman–Crippen LogP) is 10.8. The van der Waals surface area contributed by atoms with Crippen molar-refractivity contribution in [3.05, 3.63) is 133 Å². The van der Waals surface area contributed by atoms with E-state index < -0.39 is 0 Å². The lowest BCUT2D eigenvalue weighted by molar-refractivity contribution is 1.67. The third-order valence-electron chi connectivity index (χ3n) is 8.52. The molecule has 38 heavy (non-hydrogen) atoms. The van der Waals surface area contributed by atoms with Crippen LogP contribution < -0.4 is 0 Å². The Labute approximate surface area is 220 Å².